The number of nitrogens with two attached hydrogens (primary N) is 1. The molecule has 1 aromatic rings. The van der Waals surface area contributed by atoms with Crippen LogP contribution in [0.4, 0.5) is 5.69 Å². The molecule has 108 valence electrons. The summed E-state index contributed by atoms with van der Waals surface area (Å²) in [6.45, 7) is 2.76. The SMILES string of the molecule is CCOc1cccc(N)c1C(=O)NC1CCC(=O)NC1. The van der Waals surface area contributed by atoms with E-state index in [-0.39, 0.29) is 17.9 Å². The molecule has 6 nitrogen and oxygen atoms in total. The Balaban J connectivity index is 2.10. The highest BCUT2D eigenvalue weighted by molar-refractivity contribution is 6.02. The summed E-state index contributed by atoms with van der Waals surface area (Å²) >= 11 is 0. The third kappa shape index (κ3) is 3.20. The number of hydrogen-bond donors (Lipinski definition) is 3. The summed E-state index contributed by atoms with van der Waals surface area (Å²) in [4.78, 5) is 23.4. The maximum Gasteiger partial charge on any atom is 0.257 e. The van der Waals surface area contributed by atoms with Crippen molar-refractivity contribution >= 4 is 17.5 Å². The second-order valence-electron chi connectivity index (χ2n) is 4.67. The van der Waals surface area contributed by atoms with E-state index in [1.165, 1.54) is 0 Å². The van der Waals surface area contributed by atoms with Gasteiger partial charge in [0.2, 0.25) is 5.91 Å². The number of ether oxygens (including phenoxy) is 1. The molecule has 20 heavy (non-hydrogen) atoms. The zero-order chi connectivity index (χ0) is 14.5. The molecule has 1 atom stereocenters. The zero-order valence-electron chi connectivity index (χ0n) is 11.4. The number of benzene rings is 1. The molecule has 1 aromatic carbocycles. The van der Waals surface area contributed by atoms with Crippen molar-refractivity contribution in [1.82, 2.24) is 10.6 Å². The zero-order valence-corrected chi connectivity index (χ0v) is 11.4. The fourth-order valence-electron chi connectivity index (χ4n) is 2.18. The molecule has 1 saturated heterocycles. The van der Waals surface area contributed by atoms with Crippen molar-refractivity contribution < 1.29 is 14.3 Å². The average Bonchev–Trinajstić information content (AvgIpc) is 2.42. The van der Waals surface area contributed by atoms with Gasteiger partial charge in [0.25, 0.3) is 5.91 Å². The van der Waals surface area contributed by atoms with Gasteiger partial charge in [-0.15, -0.1) is 0 Å². The number of rotatable bonds is 4. The van der Waals surface area contributed by atoms with Gasteiger partial charge in [0.15, 0.2) is 0 Å². The van der Waals surface area contributed by atoms with Crippen molar-refractivity contribution in [3.63, 3.8) is 0 Å². The van der Waals surface area contributed by atoms with E-state index >= 15 is 0 Å². The van der Waals surface area contributed by atoms with E-state index in [1.54, 1.807) is 18.2 Å². The van der Waals surface area contributed by atoms with Crippen LogP contribution < -0.4 is 21.1 Å². The van der Waals surface area contributed by atoms with Crippen LogP contribution in [0.1, 0.15) is 30.1 Å². The van der Waals surface area contributed by atoms with Crippen LogP contribution in [0.15, 0.2) is 18.2 Å². The third-order valence-electron chi connectivity index (χ3n) is 3.19. The van der Waals surface area contributed by atoms with E-state index in [9.17, 15) is 9.59 Å². The highest BCUT2D eigenvalue weighted by Gasteiger charge is 2.23. The van der Waals surface area contributed by atoms with Crippen LogP contribution in [0.5, 0.6) is 5.75 Å². The number of nitrogens with one attached hydrogen (secondary N) is 2. The molecule has 6 heteroatoms. The lowest BCUT2D eigenvalue weighted by atomic mass is 10.1. The predicted molar refractivity (Wildman–Crippen MR) is 75.5 cm³/mol. The summed E-state index contributed by atoms with van der Waals surface area (Å²) < 4.78 is 5.43. The lowest BCUT2D eigenvalue weighted by Gasteiger charge is -2.24. The van der Waals surface area contributed by atoms with Gasteiger partial charge in [0.05, 0.1) is 6.61 Å². The van der Waals surface area contributed by atoms with Crippen LogP contribution in [0.3, 0.4) is 0 Å². The molecule has 0 bridgehead atoms. The van der Waals surface area contributed by atoms with Gasteiger partial charge in [-0.3, -0.25) is 9.59 Å². The number of anilines is 1. The highest BCUT2D eigenvalue weighted by Crippen LogP contribution is 2.24. The van der Waals surface area contributed by atoms with Gasteiger partial charge in [-0.05, 0) is 25.5 Å². The third-order valence-corrected chi connectivity index (χ3v) is 3.19. The van der Waals surface area contributed by atoms with Crippen LogP contribution in [-0.2, 0) is 4.79 Å². The smallest absolute Gasteiger partial charge is 0.257 e. The first kappa shape index (κ1) is 14.2. The van der Waals surface area contributed by atoms with Crippen LogP contribution in [-0.4, -0.2) is 31.0 Å². The quantitative estimate of drug-likeness (QED) is 0.705. The van der Waals surface area contributed by atoms with Crippen molar-refractivity contribution in [3.8, 4) is 5.75 Å². The minimum Gasteiger partial charge on any atom is -0.493 e. The Kier molecular flexibility index (Phi) is 4.45. The molecule has 0 aliphatic carbocycles. The number of carbonyl (C=O) groups is 2. The van der Waals surface area contributed by atoms with Crippen molar-refractivity contribution in [2.45, 2.75) is 25.8 Å². The number of hydrogen-bond acceptors (Lipinski definition) is 4. The van der Waals surface area contributed by atoms with Gasteiger partial charge < -0.3 is 21.1 Å². The Morgan fingerprint density at radius 2 is 2.35 bits per heavy atom. The molecule has 1 aliphatic heterocycles. The lowest BCUT2D eigenvalue weighted by Crippen LogP contribution is -2.47. The number of amides is 2. The molecule has 2 rings (SSSR count). The normalized spacial score (nSPS) is 18.2. The summed E-state index contributed by atoms with van der Waals surface area (Å²) in [5.41, 5.74) is 6.60. The number of carbonyl (C=O) groups excluding carboxylic acids is 2. The molecule has 0 saturated carbocycles. The molecule has 0 radical (unpaired) electrons. The Bertz CT molecular complexity index is 506. The predicted octanol–water partition coefficient (Wildman–Crippen LogP) is 0.676. The van der Waals surface area contributed by atoms with Crippen molar-refractivity contribution in [1.29, 1.82) is 0 Å². The molecular formula is C14H19N3O3. The Hall–Kier alpha value is -2.24. The largest absolute Gasteiger partial charge is 0.493 e. The van der Waals surface area contributed by atoms with Gasteiger partial charge in [-0.2, -0.15) is 0 Å². The van der Waals surface area contributed by atoms with Gasteiger partial charge in [-0.1, -0.05) is 6.07 Å². The van der Waals surface area contributed by atoms with Gasteiger partial charge >= 0.3 is 0 Å². The second-order valence-corrected chi connectivity index (χ2v) is 4.67. The fourth-order valence-corrected chi connectivity index (χ4v) is 2.18. The van der Waals surface area contributed by atoms with Crippen LogP contribution >= 0.6 is 0 Å². The van der Waals surface area contributed by atoms with Gasteiger partial charge in [0, 0.05) is 24.7 Å². The molecule has 1 aliphatic rings. The first-order chi connectivity index (χ1) is 9.61. The molecule has 2 amide bonds. The monoisotopic (exact) mass is 277 g/mol. The van der Waals surface area contributed by atoms with Crippen molar-refractivity contribution in [3.05, 3.63) is 23.8 Å². The number of nitrogen functional groups attached to an aromatic ring is 1. The Morgan fingerprint density at radius 3 is 3.00 bits per heavy atom. The summed E-state index contributed by atoms with van der Waals surface area (Å²) in [5, 5.41) is 5.61. The molecular weight excluding hydrogens is 258 g/mol. The van der Waals surface area contributed by atoms with Crippen molar-refractivity contribution in [2.24, 2.45) is 0 Å². The number of piperidine rings is 1. The van der Waals surface area contributed by atoms with E-state index in [0.717, 1.165) is 0 Å². The topological polar surface area (TPSA) is 93.4 Å². The molecule has 0 aromatic heterocycles. The lowest BCUT2D eigenvalue weighted by molar-refractivity contribution is -0.122. The van der Waals surface area contributed by atoms with E-state index in [1.807, 2.05) is 6.92 Å². The minimum atomic E-state index is -0.271. The van der Waals surface area contributed by atoms with Crippen LogP contribution in [0.25, 0.3) is 0 Å². The van der Waals surface area contributed by atoms with Crippen molar-refractivity contribution in [2.75, 3.05) is 18.9 Å². The van der Waals surface area contributed by atoms with E-state index in [4.69, 9.17) is 10.5 Å². The molecule has 0 spiro atoms. The summed E-state index contributed by atoms with van der Waals surface area (Å²) in [7, 11) is 0. The van der Waals surface area contributed by atoms with E-state index in [0.29, 0.717) is 43.0 Å². The summed E-state index contributed by atoms with van der Waals surface area (Å²) in [5.74, 6) is 0.224. The Morgan fingerprint density at radius 1 is 1.55 bits per heavy atom. The molecule has 1 unspecified atom stereocenters. The maximum absolute atomic E-state index is 12.3. The van der Waals surface area contributed by atoms with Crippen LogP contribution in [0, 0.1) is 0 Å². The summed E-state index contributed by atoms with van der Waals surface area (Å²) in [6, 6.07) is 5.06. The summed E-state index contributed by atoms with van der Waals surface area (Å²) in [6.07, 6.45) is 1.06. The average molecular weight is 277 g/mol. The molecule has 1 fully saturated rings. The van der Waals surface area contributed by atoms with Gasteiger partial charge in [0.1, 0.15) is 11.3 Å². The first-order valence-electron chi connectivity index (χ1n) is 6.70. The van der Waals surface area contributed by atoms with E-state index < -0.39 is 0 Å². The minimum absolute atomic E-state index is 0.0183. The first-order valence-corrected chi connectivity index (χ1v) is 6.70. The van der Waals surface area contributed by atoms with Gasteiger partial charge in [-0.25, -0.2) is 0 Å². The fraction of sp³-hybridized carbons (Fsp3) is 0.429. The maximum atomic E-state index is 12.3. The molecule has 1 heterocycles. The standard InChI is InChI=1S/C14H19N3O3/c1-2-20-11-5-3-4-10(15)13(11)14(19)17-9-6-7-12(18)16-8-9/h3-5,9H,2,6-8,15H2,1H3,(H,16,18)(H,17,19). The highest BCUT2D eigenvalue weighted by atomic mass is 16.5. The van der Waals surface area contributed by atoms with E-state index in [2.05, 4.69) is 10.6 Å². The molecule has 4 N–H and O–H groups in total. The van der Waals surface area contributed by atoms with Crippen LogP contribution in [0.2, 0.25) is 0 Å². The Labute approximate surface area is 117 Å². The second kappa shape index (κ2) is 6.27.